The van der Waals surface area contributed by atoms with Gasteiger partial charge in [0, 0.05) is 12.3 Å². The highest BCUT2D eigenvalue weighted by atomic mass is 32.2. The summed E-state index contributed by atoms with van der Waals surface area (Å²) in [6, 6.07) is 8.50. The molecule has 3 N–H and O–H groups in total. The fraction of sp³-hybridized carbons (Fsp3) is 0.409. The van der Waals surface area contributed by atoms with Gasteiger partial charge in [-0.15, -0.1) is 11.8 Å². The lowest BCUT2D eigenvalue weighted by molar-refractivity contribution is -0.139. The second-order valence-corrected chi connectivity index (χ2v) is 7.89. The number of nitrogens with one attached hydrogen (secondary N) is 1. The van der Waals surface area contributed by atoms with Gasteiger partial charge in [-0.2, -0.15) is 0 Å². The van der Waals surface area contributed by atoms with Crippen LogP contribution in [0.5, 0.6) is 0 Å². The van der Waals surface area contributed by atoms with Crippen LogP contribution >= 0.6 is 11.8 Å². The number of allylic oxidation sites excluding steroid dienone is 3. The van der Waals surface area contributed by atoms with Crippen LogP contribution in [0.1, 0.15) is 38.2 Å². The fourth-order valence-electron chi connectivity index (χ4n) is 2.91. The molecule has 0 saturated heterocycles. The van der Waals surface area contributed by atoms with Crippen molar-refractivity contribution in [1.29, 1.82) is 0 Å². The Hall–Kier alpha value is -2.38. The number of unbranched alkanes of at least 4 members (excludes halogenated alkanes) is 3. The highest BCUT2D eigenvalue weighted by Crippen LogP contribution is 2.27. The second-order valence-electron chi connectivity index (χ2n) is 6.78. The van der Waals surface area contributed by atoms with Crippen LogP contribution in [0.25, 0.3) is 0 Å². The molecule has 29 heavy (non-hydrogen) atoms. The van der Waals surface area contributed by atoms with E-state index in [-0.39, 0.29) is 5.71 Å². The van der Waals surface area contributed by atoms with Crippen molar-refractivity contribution in [3.05, 3.63) is 59.7 Å². The predicted octanol–water partition coefficient (Wildman–Crippen LogP) is 3.89. The quantitative estimate of drug-likeness (QED) is 0.473. The van der Waals surface area contributed by atoms with Gasteiger partial charge in [0.15, 0.2) is 0 Å². The van der Waals surface area contributed by atoms with Crippen molar-refractivity contribution in [3.8, 4) is 0 Å². The minimum atomic E-state index is -1.13. The van der Waals surface area contributed by atoms with Crippen LogP contribution in [0.3, 0.4) is 0 Å². The third-order valence-corrected chi connectivity index (χ3v) is 5.70. The maximum absolute atomic E-state index is 11.8. The Morgan fingerprint density at radius 2 is 2.03 bits per heavy atom. The molecule has 7 heteroatoms. The van der Waals surface area contributed by atoms with Gasteiger partial charge in [0.05, 0.1) is 0 Å². The topological polar surface area (TPSA) is 99.0 Å². The number of benzene rings is 1. The molecule has 6 nitrogen and oxygen atoms in total. The summed E-state index contributed by atoms with van der Waals surface area (Å²) in [5, 5.41) is 21.5. The Morgan fingerprint density at radius 1 is 1.28 bits per heavy atom. The van der Waals surface area contributed by atoms with Crippen LogP contribution in [0.15, 0.2) is 59.1 Å². The van der Waals surface area contributed by atoms with Crippen molar-refractivity contribution in [2.75, 3.05) is 5.75 Å². The molecule has 0 spiro atoms. The maximum Gasteiger partial charge on any atom is 0.354 e. The third-order valence-electron chi connectivity index (χ3n) is 4.50. The lowest BCUT2D eigenvalue weighted by Gasteiger charge is -2.26. The standard InChI is InChI=1S/C22H28N2O4S/c1-2-3-4-5-6-10-13-17-15-29-20(24-18(17)21(25)26)19(22(27)28)23-14-16-11-8-7-9-12-16/h6-13,19-20,23H,2-5,14-15H2,1H3,(H,25,26)(H,27,28)/b10-6+,17-13+. The van der Waals surface area contributed by atoms with E-state index in [2.05, 4.69) is 17.2 Å². The van der Waals surface area contributed by atoms with Crippen LogP contribution in [-0.2, 0) is 16.1 Å². The molecule has 0 bridgehead atoms. The number of carboxylic acid groups (broad SMARTS) is 2. The van der Waals surface area contributed by atoms with E-state index in [0.717, 1.165) is 24.8 Å². The monoisotopic (exact) mass is 416 g/mol. The number of aliphatic carboxylic acids is 2. The molecule has 0 saturated carbocycles. The summed E-state index contributed by atoms with van der Waals surface area (Å²) in [4.78, 5) is 27.7. The van der Waals surface area contributed by atoms with E-state index < -0.39 is 23.4 Å². The summed E-state index contributed by atoms with van der Waals surface area (Å²) in [6.07, 6.45) is 10.1. The lowest BCUT2D eigenvalue weighted by Crippen LogP contribution is -2.45. The number of thioether (sulfide) groups is 1. The third kappa shape index (κ3) is 7.51. The summed E-state index contributed by atoms with van der Waals surface area (Å²) in [5.74, 6) is -1.77. The largest absolute Gasteiger partial charge is 0.480 e. The number of carboxylic acids is 2. The molecule has 2 rings (SSSR count). The first-order valence-corrected chi connectivity index (χ1v) is 10.9. The molecule has 1 aliphatic rings. The summed E-state index contributed by atoms with van der Waals surface area (Å²) in [6.45, 7) is 2.52. The Labute approximate surface area is 175 Å². The van der Waals surface area contributed by atoms with Crippen LogP contribution in [0.2, 0.25) is 0 Å². The van der Waals surface area contributed by atoms with Crippen molar-refractivity contribution in [2.45, 2.75) is 50.6 Å². The van der Waals surface area contributed by atoms with E-state index in [1.165, 1.54) is 18.2 Å². The Bertz CT molecular complexity index is 774. The molecule has 0 radical (unpaired) electrons. The van der Waals surface area contributed by atoms with E-state index in [4.69, 9.17) is 0 Å². The normalized spacial score (nSPS) is 19.3. The number of rotatable bonds is 11. The van der Waals surface area contributed by atoms with Crippen molar-refractivity contribution in [3.63, 3.8) is 0 Å². The van der Waals surface area contributed by atoms with Gasteiger partial charge in [0.25, 0.3) is 0 Å². The lowest BCUT2D eigenvalue weighted by atomic mass is 10.1. The molecular formula is C22H28N2O4S. The van der Waals surface area contributed by atoms with E-state index in [9.17, 15) is 19.8 Å². The smallest absolute Gasteiger partial charge is 0.354 e. The first-order chi connectivity index (χ1) is 14.0. The van der Waals surface area contributed by atoms with Gasteiger partial charge in [0.2, 0.25) is 0 Å². The summed E-state index contributed by atoms with van der Waals surface area (Å²) in [5.41, 5.74) is 1.51. The first kappa shape index (κ1) is 22.9. The molecule has 2 unspecified atom stereocenters. The zero-order valence-electron chi connectivity index (χ0n) is 16.6. The fourth-order valence-corrected chi connectivity index (χ4v) is 4.08. The van der Waals surface area contributed by atoms with E-state index in [1.54, 1.807) is 6.08 Å². The van der Waals surface area contributed by atoms with E-state index in [1.807, 2.05) is 42.5 Å². The minimum Gasteiger partial charge on any atom is -0.480 e. The van der Waals surface area contributed by atoms with Crippen molar-refractivity contribution in [1.82, 2.24) is 5.32 Å². The van der Waals surface area contributed by atoms with Gasteiger partial charge >= 0.3 is 11.9 Å². The number of nitrogens with zero attached hydrogens (tertiary/aromatic N) is 1. The first-order valence-electron chi connectivity index (χ1n) is 9.81. The van der Waals surface area contributed by atoms with Gasteiger partial charge in [-0.25, -0.2) is 4.79 Å². The molecular weight excluding hydrogens is 388 g/mol. The average Bonchev–Trinajstić information content (AvgIpc) is 2.71. The van der Waals surface area contributed by atoms with E-state index >= 15 is 0 Å². The number of carbonyl (C=O) groups is 2. The average molecular weight is 417 g/mol. The molecule has 1 aromatic carbocycles. The Balaban J connectivity index is 2.08. The van der Waals surface area contributed by atoms with E-state index in [0.29, 0.717) is 17.9 Å². The molecule has 0 fully saturated rings. The molecule has 1 aliphatic heterocycles. The SMILES string of the molecule is CCCCC/C=C/C=C1\CSC(C(NCc2ccccc2)C(=O)O)N=C1C(=O)O. The summed E-state index contributed by atoms with van der Waals surface area (Å²) in [7, 11) is 0. The van der Waals surface area contributed by atoms with Crippen LogP contribution in [0.4, 0.5) is 0 Å². The Kier molecular flexibility index (Phi) is 9.67. The molecule has 1 aromatic rings. The van der Waals surface area contributed by atoms with Crippen molar-refractivity contribution in [2.24, 2.45) is 4.99 Å². The van der Waals surface area contributed by atoms with Gasteiger partial charge in [-0.3, -0.25) is 15.1 Å². The molecule has 156 valence electrons. The summed E-state index contributed by atoms with van der Waals surface area (Å²) >= 11 is 1.34. The maximum atomic E-state index is 11.8. The highest BCUT2D eigenvalue weighted by molar-refractivity contribution is 8.00. The summed E-state index contributed by atoms with van der Waals surface area (Å²) < 4.78 is 0. The van der Waals surface area contributed by atoms with Crippen LogP contribution < -0.4 is 5.32 Å². The van der Waals surface area contributed by atoms with Crippen molar-refractivity contribution < 1.29 is 19.8 Å². The predicted molar refractivity (Wildman–Crippen MR) is 117 cm³/mol. The van der Waals surface area contributed by atoms with Gasteiger partial charge in [0.1, 0.15) is 17.1 Å². The molecule has 0 aliphatic carbocycles. The van der Waals surface area contributed by atoms with Crippen molar-refractivity contribution >= 4 is 29.4 Å². The second kappa shape index (κ2) is 12.2. The number of hydrogen-bond acceptors (Lipinski definition) is 5. The van der Waals surface area contributed by atoms with Crippen LogP contribution in [-0.4, -0.2) is 45.0 Å². The Morgan fingerprint density at radius 3 is 2.69 bits per heavy atom. The molecule has 0 amide bonds. The zero-order valence-corrected chi connectivity index (χ0v) is 17.4. The number of aliphatic imine (C=N–C) groups is 1. The highest BCUT2D eigenvalue weighted by Gasteiger charge is 2.33. The minimum absolute atomic E-state index is 0.0558. The molecule has 1 heterocycles. The van der Waals surface area contributed by atoms with Gasteiger partial charge < -0.3 is 10.2 Å². The van der Waals surface area contributed by atoms with Gasteiger partial charge in [-0.05, 0) is 24.0 Å². The molecule has 2 atom stereocenters. The number of hydrogen-bond donors (Lipinski definition) is 3. The van der Waals surface area contributed by atoms with Crippen LogP contribution in [0, 0.1) is 0 Å². The molecule has 0 aromatic heterocycles. The zero-order chi connectivity index (χ0) is 21.1. The van der Waals surface area contributed by atoms with Gasteiger partial charge in [-0.1, -0.05) is 68.3 Å².